The number of carboxylic acids is 1. The summed E-state index contributed by atoms with van der Waals surface area (Å²) in [4.78, 5) is 30.7. The molecule has 1 amide bonds. The van der Waals surface area contributed by atoms with Gasteiger partial charge in [-0.05, 0) is 24.5 Å². The number of carbonyl (C=O) groups excluding carboxylic acids is 1. The van der Waals surface area contributed by atoms with Gasteiger partial charge >= 0.3 is 5.97 Å². The van der Waals surface area contributed by atoms with E-state index in [9.17, 15) is 9.59 Å². The number of aromatic nitrogens is 1. The third kappa shape index (κ3) is 5.15. The van der Waals surface area contributed by atoms with E-state index < -0.39 is 5.97 Å². The summed E-state index contributed by atoms with van der Waals surface area (Å²) < 4.78 is 0. The van der Waals surface area contributed by atoms with Crippen molar-refractivity contribution < 1.29 is 14.7 Å². The molecule has 21 heavy (non-hydrogen) atoms. The third-order valence-electron chi connectivity index (χ3n) is 3.65. The molecule has 1 aliphatic rings. The van der Waals surface area contributed by atoms with Crippen molar-refractivity contribution in [2.45, 2.75) is 19.3 Å². The highest BCUT2D eigenvalue weighted by molar-refractivity contribution is 5.76. The van der Waals surface area contributed by atoms with Gasteiger partial charge in [0.15, 0.2) is 0 Å². The van der Waals surface area contributed by atoms with Crippen molar-refractivity contribution in [2.24, 2.45) is 0 Å². The molecular formula is C15H21N3O3. The predicted molar refractivity (Wildman–Crippen MR) is 77.8 cm³/mol. The summed E-state index contributed by atoms with van der Waals surface area (Å²) in [7, 11) is 0. The lowest BCUT2D eigenvalue weighted by molar-refractivity contribution is -0.138. The Balaban J connectivity index is 1.79. The molecule has 0 saturated carbocycles. The SMILES string of the molecule is O=C(O)CN1CCCN(C(=O)CCc2cccnc2)CC1. The molecule has 0 atom stereocenters. The van der Waals surface area contributed by atoms with Gasteiger partial charge in [0.2, 0.25) is 5.91 Å². The van der Waals surface area contributed by atoms with Crippen LogP contribution in [0.1, 0.15) is 18.4 Å². The molecule has 2 rings (SSSR count). The number of nitrogens with zero attached hydrogens (tertiary/aromatic N) is 3. The van der Waals surface area contributed by atoms with Crippen LogP contribution in [0.25, 0.3) is 0 Å². The minimum Gasteiger partial charge on any atom is -0.480 e. The number of carboxylic acid groups (broad SMARTS) is 1. The minimum atomic E-state index is -0.814. The zero-order chi connectivity index (χ0) is 15.1. The second kappa shape index (κ2) is 7.73. The Bertz CT molecular complexity index is 478. The van der Waals surface area contributed by atoms with E-state index in [2.05, 4.69) is 4.98 Å². The van der Waals surface area contributed by atoms with Crippen LogP contribution in [0.4, 0.5) is 0 Å². The third-order valence-corrected chi connectivity index (χ3v) is 3.65. The first-order chi connectivity index (χ1) is 10.1. The maximum atomic E-state index is 12.2. The van der Waals surface area contributed by atoms with Gasteiger partial charge in [-0.1, -0.05) is 6.07 Å². The average Bonchev–Trinajstić information content (AvgIpc) is 2.71. The number of hydrogen-bond acceptors (Lipinski definition) is 4. The molecule has 2 heterocycles. The highest BCUT2D eigenvalue weighted by Gasteiger charge is 2.19. The van der Waals surface area contributed by atoms with Gasteiger partial charge in [-0.3, -0.25) is 19.5 Å². The Morgan fingerprint density at radius 1 is 1.24 bits per heavy atom. The molecule has 1 saturated heterocycles. The van der Waals surface area contributed by atoms with Crippen LogP contribution in [-0.4, -0.2) is 64.5 Å². The summed E-state index contributed by atoms with van der Waals surface area (Å²) in [5.41, 5.74) is 1.06. The van der Waals surface area contributed by atoms with Crippen molar-refractivity contribution in [2.75, 3.05) is 32.7 Å². The van der Waals surface area contributed by atoms with Crippen LogP contribution < -0.4 is 0 Å². The number of carbonyl (C=O) groups is 2. The van der Waals surface area contributed by atoms with Crippen molar-refractivity contribution in [1.82, 2.24) is 14.8 Å². The van der Waals surface area contributed by atoms with Gasteiger partial charge in [0, 0.05) is 45.0 Å². The first-order valence-corrected chi connectivity index (χ1v) is 7.26. The average molecular weight is 291 g/mol. The molecule has 0 radical (unpaired) electrons. The second-order valence-electron chi connectivity index (χ2n) is 5.27. The molecule has 1 fully saturated rings. The summed E-state index contributed by atoms with van der Waals surface area (Å²) in [5, 5.41) is 8.81. The Kier molecular flexibility index (Phi) is 5.68. The first kappa shape index (κ1) is 15.4. The van der Waals surface area contributed by atoms with Crippen LogP contribution in [0, 0.1) is 0 Å². The van der Waals surface area contributed by atoms with Gasteiger partial charge < -0.3 is 10.0 Å². The van der Waals surface area contributed by atoms with E-state index in [4.69, 9.17) is 5.11 Å². The number of aliphatic carboxylic acids is 1. The number of rotatable bonds is 5. The molecule has 1 N–H and O–H groups in total. The minimum absolute atomic E-state index is 0.0533. The number of amides is 1. The fraction of sp³-hybridized carbons (Fsp3) is 0.533. The fourth-order valence-electron chi connectivity index (χ4n) is 2.53. The van der Waals surface area contributed by atoms with Gasteiger partial charge in [0.1, 0.15) is 0 Å². The molecule has 1 aromatic rings. The maximum absolute atomic E-state index is 12.2. The fourth-order valence-corrected chi connectivity index (χ4v) is 2.53. The maximum Gasteiger partial charge on any atom is 0.317 e. The van der Waals surface area contributed by atoms with Gasteiger partial charge in [-0.15, -0.1) is 0 Å². The molecule has 0 aromatic carbocycles. The summed E-state index contributed by atoms with van der Waals surface area (Å²) in [5.74, 6) is -0.678. The van der Waals surface area contributed by atoms with E-state index >= 15 is 0 Å². The van der Waals surface area contributed by atoms with Crippen LogP contribution >= 0.6 is 0 Å². The number of aryl methyl sites for hydroxylation is 1. The van der Waals surface area contributed by atoms with E-state index in [1.165, 1.54) is 0 Å². The topological polar surface area (TPSA) is 73.7 Å². The molecule has 0 aliphatic carbocycles. The number of pyridine rings is 1. The predicted octanol–water partition coefficient (Wildman–Crippen LogP) is 0.633. The molecule has 0 unspecified atom stereocenters. The first-order valence-electron chi connectivity index (χ1n) is 7.26. The monoisotopic (exact) mass is 291 g/mol. The molecule has 114 valence electrons. The highest BCUT2D eigenvalue weighted by atomic mass is 16.4. The van der Waals surface area contributed by atoms with Crippen molar-refractivity contribution in [3.05, 3.63) is 30.1 Å². The van der Waals surface area contributed by atoms with E-state index in [-0.39, 0.29) is 12.5 Å². The molecule has 6 nitrogen and oxygen atoms in total. The van der Waals surface area contributed by atoms with Crippen molar-refractivity contribution >= 4 is 11.9 Å². The van der Waals surface area contributed by atoms with Crippen molar-refractivity contribution in [1.29, 1.82) is 0 Å². The van der Waals surface area contributed by atoms with Crippen LogP contribution in [0.15, 0.2) is 24.5 Å². The summed E-state index contributed by atoms with van der Waals surface area (Å²) >= 11 is 0. The Morgan fingerprint density at radius 3 is 2.81 bits per heavy atom. The quantitative estimate of drug-likeness (QED) is 0.861. The molecule has 1 aromatic heterocycles. The van der Waals surface area contributed by atoms with Crippen molar-refractivity contribution in [3.8, 4) is 0 Å². The largest absolute Gasteiger partial charge is 0.480 e. The van der Waals surface area contributed by atoms with Crippen LogP contribution in [0.5, 0.6) is 0 Å². The zero-order valence-corrected chi connectivity index (χ0v) is 12.1. The van der Waals surface area contributed by atoms with Crippen LogP contribution in [0.3, 0.4) is 0 Å². The lowest BCUT2D eigenvalue weighted by atomic mass is 10.1. The lowest BCUT2D eigenvalue weighted by Gasteiger charge is -2.21. The van der Waals surface area contributed by atoms with E-state index in [1.54, 1.807) is 12.4 Å². The van der Waals surface area contributed by atoms with Crippen LogP contribution in [0.2, 0.25) is 0 Å². The summed E-state index contributed by atoms with van der Waals surface area (Å²) in [6, 6.07) is 3.84. The lowest BCUT2D eigenvalue weighted by Crippen LogP contribution is -2.36. The Labute approximate surface area is 124 Å². The van der Waals surface area contributed by atoms with E-state index in [0.29, 0.717) is 32.5 Å². The molecule has 6 heteroatoms. The standard InChI is InChI=1S/C15H21N3O3/c19-14(5-4-13-3-1-6-16-11-13)18-8-2-7-17(9-10-18)12-15(20)21/h1,3,6,11H,2,4-5,7-10,12H2,(H,20,21). The van der Waals surface area contributed by atoms with Gasteiger partial charge in [0.05, 0.1) is 6.54 Å². The van der Waals surface area contributed by atoms with Crippen LogP contribution in [-0.2, 0) is 16.0 Å². The zero-order valence-electron chi connectivity index (χ0n) is 12.1. The molecular weight excluding hydrogens is 270 g/mol. The van der Waals surface area contributed by atoms with E-state index in [1.807, 2.05) is 21.9 Å². The van der Waals surface area contributed by atoms with Gasteiger partial charge in [-0.2, -0.15) is 0 Å². The molecule has 0 spiro atoms. The van der Waals surface area contributed by atoms with Gasteiger partial charge in [0.25, 0.3) is 0 Å². The summed E-state index contributed by atoms with van der Waals surface area (Å²) in [6.07, 6.45) is 5.50. The normalized spacial score (nSPS) is 16.5. The number of hydrogen-bond donors (Lipinski definition) is 1. The molecule has 1 aliphatic heterocycles. The van der Waals surface area contributed by atoms with Gasteiger partial charge in [-0.25, -0.2) is 0 Å². The highest BCUT2D eigenvalue weighted by Crippen LogP contribution is 2.07. The van der Waals surface area contributed by atoms with E-state index in [0.717, 1.165) is 18.5 Å². The molecule has 0 bridgehead atoms. The smallest absolute Gasteiger partial charge is 0.317 e. The second-order valence-corrected chi connectivity index (χ2v) is 5.27. The summed E-state index contributed by atoms with van der Waals surface area (Å²) in [6.45, 7) is 2.74. The Hall–Kier alpha value is -1.95. The Morgan fingerprint density at radius 2 is 2.10 bits per heavy atom. The van der Waals surface area contributed by atoms with Crippen molar-refractivity contribution in [3.63, 3.8) is 0 Å².